The Balaban J connectivity index is 0.00000161. The second kappa shape index (κ2) is 6.74. The van der Waals surface area contributed by atoms with E-state index in [1.807, 2.05) is 31.2 Å². The van der Waals surface area contributed by atoms with Crippen LogP contribution in [0.25, 0.3) is 11.3 Å². The summed E-state index contributed by atoms with van der Waals surface area (Å²) < 4.78 is 5.47. The molecule has 112 valence electrons. The lowest BCUT2D eigenvalue weighted by Gasteiger charge is -2.10. The molecule has 0 aliphatic carbocycles. The summed E-state index contributed by atoms with van der Waals surface area (Å²) in [5, 5.41) is 6.13. The number of aromatic nitrogens is 1. The van der Waals surface area contributed by atoms with E-state index in [9.17, 15) is 4.79 Å². The van der Waals surface area contributed by atoms with Gasteiger partial charge in [-0.25, -0.2) is 4.98 Å². The zero-order valence-electron chi connectivity index (χ0n) is 11.8. The predicted molar refractivity (Wildman–Crippen MR) is 83.5 cm³/mol. The van der Waals surface area contributed by atoms with Crippen molar-refractivity contribution in [3.8, 4) is 11.3 Å². The normalized spacial score (nSPS) is 17.3. The third-order valence-electron chi connectivity index (χ3n) is 3.49. The molecule has 0 spiro atoms. The maximum atomic E-state index is 12.0. The molecule has 5 nitrogen and oxygen atoms in total. The standard InChI is InChI=1S/C15H17N3O2.ClH/c1-10-17-9-14(20-10)11-2-4-13(5-3-11)18-15(19)12-6-7-16-8-12;/h2-5,9,12,16H,6-8H2,1H3,(H,18,19);1H. The largest absolute Gasteiger partial charge is 0.441 e. The van der Waals surface area contributed by atoms with Crippen molar-refractivity contribution in [3.05, 3.63) is 36.4 Å². The van der Waals surface area contributed by atoms with Crippen molar-refractivity contribution in [1.29, 1.82) is 0 Å². The molecule has 0 radical (unpaired) electrons. The molecule has 21 heavy (non-hydrogen) atoms. The lowest BCUT2D eigenvalue weighted by molar-refractivity contribution is -0.119. The maximum absolute atomic E-state index is 12.0. The number of aryl methyl sites for hydroxylation is 1. The van der Waals surface area contributed by atoms with E-state index in [0.717, 1.165) is 36.5 Å². The fraction of sp³-hybridized carbons (Fsp3) is 0.333. The van der Waals surface area contributed by atoms with Gasteiger partial charge in [-0.1, -0.05) is 0 Å². The molecule has 1 aliphatic rings. The smallest absolute Gasteiger partial charge is 0.228 e. The van der Waals surface area contributed by atoms with Crippen molar-refractivity contribution >= 4 is 24.0 Å². The van der Waals surface area contributed by atoms with Gasteiger partial charge in [0.15, 0.2) is 11.7 Å². The summed E-state index contributed by atoms with van der Waals surface area (Å²) in [7, 11) is 0. The molecule has 2 N–H and O–H groups in total. The van der Waals surface area contributed by atoms with Crippen LogP contribution in [0.3, 0.4) is 0 Å². The number of anilines is 1. The van der Waals surface area contributed by atoms with Crippen LogP contribution in [0.5, 0.6) is 0 Å². The van der Waals surface area contributed by atoms with Gasteiger partial charge in [-0.3, -0.25) is 4.79 Å². The number of carbonyl (C=O) groups is 1. The summed E-state index contributed by atoms with van der Waals surface area (Å²) in [6, 6.07) is 7.60. The van der Waals surface area contributed by atoms with E-state index in [4.69, 9.17) is 4.42 Å². The summed E-state index contributed by atoms with van der Waals surface area (Å²) >= 11 is 0. The molecule has 1 saturated heterocycles. The fourth-order valence-electron chi connectivity index (χ4n) is 2.34. The van der Waals surface area contributed by atoms with Crippen LogP contribution in [0.1, 0.15) is 12.3 Å². The first-order valence-corrected chi connectivity index (χ1v) is 6.77. The lowest BCUT2D eigenvalue weighted by Crippen LogP contribution is -2.24. The molecule has 1 aliphatic heterocycles. The topological polar surface area (TPSA) is 67.2 Å². The third kappa shape index (κ3) is 3.62. The van der Waals surface area contributed by atoms with Gasteiger partial charge in [0, 0.05) is 24.7 Å². The molecule has 6 heteroatoms. The van der Waals surface area contributed by atoms with E-state index < -0.39 is 0 Å². The van der Waals surface area contributed by atoms with Crippen LogP contribution in [0, 0.1) is 12.8 Å². The van der Waals surface area contributed by atoms with E-state index in [1.165, 1.54) is 0 Å². The van der Waals surface area contributed by atoms with E-state index >= 15 is 0 Å². The molecule has 1 fully saturated rings. The van der Waals surface area contributed by atoms with Crippen LogP contribution in [0.15, 0.2) is 34.9 Å². The molecule has 1 atom stereocenters. The van der Waals surface area contributed by atoms with Gasteiger partial charge in [0.05, 0.1) is 12.1 Å². The Bertz CT molecular complexity index is 604. The van der Waals surface area contributed by atoms with E-state index in [0.29, 0.717) is 5.89 Å². The highest BCUT2D eigenvalue weighted by atomic mass is 35.5. The minimum atomic E-state index is 0. The molecule has 0 saturated carbocycles. The average Bonchev–Trinajstić information content (AvgIpc) is 3.10. The number of halogens is 1. The van der Waals surface area contributed by atoms with Gasteiger partial charge in [-0.05, 0) is 37.2 Å². The van der Waals surface area contributed by atoms with Crippen molar-refractivity contribution in [3.63, 3.8) is 0 Å². The third-order valence-corrected chi connectivity index (χ3v) is 3.49. The molecule has 1 amide bonds. The number of amides is 1. The predicted octanol–water partition coefficient (Wildman–Crippen LogP) is 2.62. The Morgan fingerprint density at radius 1 is 1.38 bits per heavy atom. The summed E-state index contributed by atoms with van der Waals surface area (Å²) in [6.45, 7) is 3.50. The highest BCUT2D eigenvalue weighted by Gasteiger charge is 2.22. The number of carbonyl (C=O) groups excluding carboxylic acids is 1. The molecule has 1 unspecified atom stereocenters. The van der Waals surface area contributed by atoms with E-state index in [2.05, 4.69) is 15.6 Å². The van der Waals surface area contributed by atoms with Crippen LogP contribution in [0.2, 0.25) is 0 Å². The zero-order chi connectivity index (χ0) is 13.9. The molecular formula is C15H18ClN3O2. The van der Waals surface area contributed by atoms with Crippen LogP contribution in [-0.4, -0.2) is 24.0 Å². The maximum Gasteiger partial charge on any atom is 0.228 e. The first-order chi connectivity index (χ1) is 9.72. The number of nitrogens with one attached hydrogen (secondary N) is 2. The number of hydrogen-bond acceptors (Lipinski definition) is 4. The zero-order valence-corrected chi connectivity index (χ0v) is 12.6. The number of benzene rings is 1. The van der Waals surface area contributed by atoms with Gasteiger partial charge in [0.1, 0.15) is 0 Å². The van der Waals surface area contributed by atoms with Crippen molar-refractivity contribution in [2.45, 2.75) is 13.3 Å². The van der Waals surface area contributed by atoms with Crippen LogP contribution in [0.4, 0.5) is 5.69 Å². The Kier molecular flexibility index (Phi) is 4.98. The summed E-state index contributed by atoms with van der Waals surface area (Å²) in [5.41, 5.74) is 1.76. The molecule has 2 heterocycles. The van der Waals surface area contributed by atoms with Crippen LogP contribution in [-0.2, 0) is 4.79 Å². The number of rotatable bonds is 3. The van der Waals surface area contributed by atoms with Gasteiger partial charge in [-0.2, -0.15) is 0 Å². The molecule has 3 rings (SSSR count). The number of nitrogens with zero attached hydrogens (tertiary/aromatic N) is 1. The molecule has 0 bridgehead atoms. The first-order valence-electron chi connectivity index (χ1n) is 6.77. The van der Waals surface area contributed by atoms with E-state index in [-0.39, 0.29) is 24.2 Å². The summed E-state index contributed by atoms with van der Waals surface area (Å²) in [5.74, 6) is 1.54. The van der Waals surface area contributed by atoms with Crippen molar-refractivity contribution in [2.75, 3.05) is 18.4 Å². The Hall–Kier alpha value is -1.85. The van der Waals surface area contributed by atoms with Gasteiger partial charge < -0.3 is 15.1 Å². The fourth-order valence-corrected chi connectivity index (χ4v) is 2.34. The van der Waals surface area contributed by atoms with Crippen molar-refractivity contribution in [1.82, 2.24) is 10.3 Å². The molecule has 2 aromatic rings. The van der Waals surface area contributed by atoms with Gasteiger partial charge in [0.2, 0.25) is 5.91 Å². The van der Waals surface area contributed by atoms with Crippen molar-refractivity contribution < 1.29 is 9.21 Å². The number of oxazole rings is 1. The minimum absolute atomic E-state index is 0. The Labute approximate surface area is 129 Å². The Morgan fingerprint density at radius 3 is 2.71 bits per heavy atom. The number of hydrogen-bond donors (Lipinski definition) is 2. The van der Waals surface area contributed by atoms with Gasteiger partial charge >= 0.3 is 0 Å². The first kappa shape index (κ1) is 15.5. The van der Waals surface area contributed by atoms with Crippen molar-refractivity contribution in [2.24, 2.45) is 5.92 Å². The lowest BCUT2D eigenvalue weighted by atomic mass is 10.1. The SMILES string of the molecule is Cc1ncc(-c2ccc(NC(=O)C3CCNC3)cc2)o1.Cl. The molecular weight excluding hydrogens is 290 g/mol. The quantitative estimate of drug-likeness (QED) is 0.914. The second-order valence-electron chi connectivity index (χ2n) is 5.00. The minimum Gasteiger partial charge on any atom is -0.441 e. The molecule has 1 aromatic heterocycles. The monoisotopic (exact) mass is 307 g/mol. The van der Waals surface area contributed by atoms with Gasteiger partial charge in [0.25, 0.3) is 0 Å². The average molecular weight is 308 g/mol. The van der Waals surface area contributed by atoms with E-state index in [1.54, 1.807) is 6.20 Å². The van der Waals surface area contributed by atoms with Crippen LogP contribution >= 0.6 is 12.4 Å². The van der Waals surface area contributed by atoms with Gasteiger partial charge in [-0.15, -0.1) is 12.4 Å². The highest BCUT2D eigenvalue weighted by Crippen LogP contribution is 2.22. The highest BCUT2D eigenvalue weighted by molar-refractivity contribution is 5.93. The van der Waals surface area contributed by atoms with Crippen LogP contribution < -0.4 is 10.6 Å². The Morgan fingerprint density at radius 2 is 2.14 bits per heavy atom. The summed E-state index contributed by atoms with van der Waals surface area (Å²) in [6.07, 6.45) is 2.61. The molecule has 1 aromatic carbocycles. The second-order valence-corrected chi connectivity index (χ2v) is 5.00. The summed E-state index contributed by atoms with van der Waals surface area (Å²) in [4.78, 5) is 16.1.